The number of Topliss-reactive ketones (excluding diaryl/α,β-unsaturated/α-hetero) is 1. The van der Waals surface area contributed by atoms with Gasteiger partial charge in [0.2, 0.25) is 0 Å². The first-order valence-electron chi connectivity index (χ1n) is 7.36. The van der Waals surface area contributed by atoms with Gasteiger partial charge < -0.3 is 14.6 Å². The zero-order chi connectivity index (χ0) is 15.7. The van der Waals surface area contributed by atoms with E-state index < -0.39 is 11.8 Å². The van der Waals surface area contributed by atoms with Crippen molar-refractivity contribution in [2.75, 3.05) is 7.11 Å². The van der Waals surface area contributed by atoms with E-state index in [-0.39, 0.29) is 23.9 Å². The Morgan fingerprint density at radius 3 is 2.73 bits per heavy atom. The van der Waals surface area contributed by atoms with Crippen LogP contribution in [0.5, 0.6) is 0 Å². The van der Waals surface area contributed by atoms with E-state index in [0.29, 0.717) is 6.42 Å². The lowest BCUT2D eigenvalue weighted by molar-refractivity contribution is -0.221. The molecule has 2 atom stereocenters. The average molecular weight is 302 g/mol. The predicted octanol–water partition coefficient (Wildman–Crippen LogP) is 2.06. The highest BCUT2D eigenvalue weighted by molar-refractivity contribution is 5.96. The van der Waals surface area contributed by atoms with Crippen LogP contribution in [0.4, 0.5) is 0 Å². The van der Waals surface area contributed by atoms with E-state index in [2.05, 4.69) is 4.74 Å². The summed E-state index contributed by atoms with van der Waals surface area (Å²) >= 11 is 0. The molecule has 5 heteroatoms. The van der Waals surface area contributed by atoms with Gasteiger partial charge in [0.15, 0.2) is 11.5 Å². The molecule has 22 heavy (non-hydrogen) atoms. The third kappa shape index (κ3) is 2.41. The molecular formula is C17H18O5. The summed E-state index contributed by atoms with van der Waals surface area (Å²) in [5, 5.41) is 10.5. The lowest BCUT2D eigenvalue weighted by atomic mass is 9.77. The van der Waals surface area contributed by atoms with Gasteiger partial charge in [-0.25, -0.2) is 4.79 Å². The molecule has 3 rings (SSSR count). The number of hydrogen-bond donors (Lipinski definition) is 1. The Kier molecular flexibility index (Phi) is 3.74. The zero-order valence-corrected chi connectivity index (χ0v) is 12.4. The number of esters is 1. The van der Waals surface area contributed by atoms with E-state index in [0.717, 1.165) is 24.0 Å². The molecule has 1 N–H and O–H groups in total. The van der Waals surface area contributed by atoms with E-state index >= 15 is 0 Å². The Bertz CT molecular complexity index is 634. The summed E-state index contributed by atoms with van der Waals surface area (Å²) in [4.78, 5) is 24.1. The number of benzene rings is 1. The van der Waals surface area contributed by atoms with Crippen LogP contribution in [-0.4, -0.2) is 29.8 Å². The van der Waals surface area contributed by atoms with Gasteiger partial charge in [-0.3, -0.25) is 4.79 Å². The van der Waals surface area contributed by atoms with Crippen molar-refractivity contribution in [3.63, 3.8) is 0 Å². The average Bonchev–Trinajstić information content (AvgIpc) is 2.55. The molecule has 1 aromatic rings. The number of carbonyl (C=O) groups is 2. The van der Waals surface area contributed by atoms with E-state index in [1.54, 1.807) is 0 Å². The van der Waals surface area contributed by atoms with Crippen LogP contribution in [-0.2, 0) is 19.1 Å². The maximum absolute atomic E-state index is 12.2. The van der Waals surface area contributed by atoms with Crippen LogP contribution in [0.2, 0.25) is 0 Å². The fourth-order valence-corrected chi connectivity index (χ4v) is 3.20. The van der Waals surface area contributed by atoms with Gasteiger partial charge in [0.05, 0.1) is 7.11 Å². The van der Waals surface area contributed by atoms with Gasteiger partial charge >= 0.3 is 11.8 Å². The molecule has 116 valence electrons. The number of hydrogen-bond acceptors (Lipinski definition) is 5. The number of ether oxygens (including phenoxy) is 2. The van der Waals surface area contributed by atoms with Crippen molar-refractivity contribution in [2.45, 2.75) is 37.4 Å². The van der Waals surface area contributed by atoms with Crippen LogP contribution in [0.25, 0.3) is 0 Å². The molecule has 5 nitrogen and oxygen atoms in total. The second-order valence-electron chi connectivity index (χ2n) is 5.68. The second kappa shape index (κ2) is 5.57. The van der Waals surface area contributed by atoms with Crippen LogP contribution in [0.1, 0.15) is 37.2 Å². The fourth-order valence-electron chi connectivity index (χ4n) is 3.20. The van der Waals surface area contributed by atoms with Gasteiger partial charge in [0.25, 0.3) is 0 Å². The predicted molar refractivity (Wildman–Crippen MR) is 77.7 cm³/mol. The quantitative estimate of drug-likeness (QED) is 0.847. The van der Waals surface area contributed by atoms with E-state index in [9.17, 15) is 14.7 Å². The molecule has 0 fully saturated rings. The number of methoxy groups -OCH3 is 1. The number of carbonyl (C=O) groups excluding carboxylic acids is 2. The highest BCUT2D eigenvalue weighted by Gasteiger charge is 2.50. The van der Waals surface area contributed by atoms with Gasteiger partial charge in [-0.1, -0.05) is 30.3 Å². The Balaban J connectivity index is 2.08. The molecule has 2 aliphatic rings. The van der Waals surface area contributed by atoms with Gasteiger partial charge in [0, 0.05) is 18.8 Å². The van der Waals surface area contributed by atoms with Crippen molar-refractivity contribution in [1.82, 2.24) is 0 Å². The van der Waals surface area contributed by atoms with E-state index in [1.807, 2.05) is 30.3 Å². The third-order valence-electron chi connectivity index (χ3n) is 4.27. The van der Waals surface area contributed by atoms with Crippen molar-refractivity contribution < 1.29 is 24.2 Å². The minimum atomic E-state index is -2.11. The van der Waals surface area contributed by atoms with Crippen LogP contribution in [0.3, 0.4) is 0 Å². The molecule has 0 aromatic heterocycles. The topological polar surface area (TPSA) is 72.8 Å². The number of ketones is 1. The second-order valence-corrected chi connectivity index (χ2v) is 5.68. The number of allylic oxidation sites excluding steroid dienone is 2. The molecule has 0 unspecified atom stereocenters. The lowest BCUT2D eigenvalue weighted by Crippen LogP contribution is -2.48. The van der Waals surface area contributed by atoms with Crippen LogP contribution in [0, 0.1) is 0 Å². The van der Waals surface area contributed by atoms with E-state index in [1.165, 1.54) is 7.11 Å². The summed E-state index contributed by atoms with van der Waals surface area (Å²) in [6.07, 6.45) is 1.92. The summed E-state index contributed by atoms with van der Waals surface area (Å²) in [7, 11) is 1.19. The highest BCUT2D eigenvalue weighted by Crippen LogP contribution is 2.45. The van der Waals surface area contributed by atoms with Gasteiger partial charge in [-0.05, 0) is 24.0 Å². The van der Waals surface area contributed by atoms with Crippen molar-refractivity contribution in [3.8, 4) is 0 Å². The summed E-state index contributed by atoms with van der Waals surface area (Å²) in [5.41, 5.74) is 1.83. The zero-order valence-electron chi connectivity index (χ0n) is 12.4. The number of aliphatic hydroxyl groups is 1. The first-order chi connectivity index (χ1) is 10.5. The Labute approximate surface area is 128 Å². The molecule has 0 saturated carbocycles. The Morgan fingerprint density at radius 2 is 2.05 bits per heavy atom. The monoisotopic (exact) mass is 302 g/mol. The molecule has 1 aliphatic carbocycles. The van der Waals surface area contributed by atoms with Gasteiger partial charge in [-0.2, -0.15) is 0 Å². The van der Waals surface area contributed by atoms with Gasteiger partial charge in [0.1, 0.15) is 0 Å². The fraction of sp³-hybridized carbons (Fsp3) is 0.412. The highest BCUT2D eigenvalue weighted by atomic mass is 16.7. The summed E-state index contributed by atoms with van der Waals surface area (Å²) in [5.74, 6) is -3.23. The number of rotatable bonds is 2. The van der Waals surface area contributed by atoms with Crippen molar-refractivity contribution in [2.24, 2.45) is 0 Å². The standard InChI is InChI=1S/C17H18O5/c1-21-16(19)17(20)10-13(11-6-3-2-4-7-11)12-8-5-9-14(18)15(12)22-17/h2-4,6-7,13,20H,5,8-10H2,1H3/t13-,17+/m0/s1. The first-order valence-corrected chi connectivity index (χ1v) is 7.36. The minimum Gasteiger partial charge on any atom is -0.464 e. The third-order valence-corrected chi connectivity index (χ3v) is 4.27. The Morgan fingerprint density at radius 1 is 1.32 bits per heavy atom. The van der Waals surface area contributed by atoms with Gasteiger partial charge in [-0.15, -0.1) is 0 Å². The van der Waals surface area contributed by atoms with Crippen molar-refractivity contribution in [3.05, 3.63) is 47.2 Å². The van der Waals surface area contributed by atoms with E-state index in [4.69, 9.17) is 4.74 Å². The molecule has 1 heterocycles. The molecule has 0 amide bonds. The summed E-state index contributed by atoms with van der Waals surface area (Å²) in [6.45, 7) is 0. The molecule has 0 spiro atoms. The molecule has 0 radical (unpaired) electrons. The largest absolute Gasteiger partial charge is 0.464 e. The molecular weight excluding hydrogens is 284 g/mol. The molecule has 1 aliphatic heterocycles. The molecule has 0 bridgehead atoms. The summed E-state index contributed by atoms with van der Waals surface area (Å²) < 4.78 is 10.0. The molecule has 1 aromatic carbocycles. The molecule has 0 saturated heterocycles. The summed E-state index contributed by atoms with van der Waals surface area (Å²) in [6, 6.07) is 9.55. The maximum Gasteiger partial charge on any atom is 0.379 e. The lowest BCUT2D eigenvalue weighted by Gasteiger charge is -2.39. The normalized spacial score (nSPS) is 27.9. The van der Waals surface area contributed by atoms with Crippen molar-refractivity contribution >= 4 is 11.8 Å². The van der Waals surface area contributed by atoms with Crippen LogP contribution >= 0.6 is 0 Å². The van der Waals surface area contributed by atoms with Crippen LogP contribution in [0.15, 0.2) is 41.7 Å². The van der Waals surface area contributed by atoms with Crippen molar-refractivity contribution in [1.29, 1.82) is 0 Å². The SMILES string of the molecule is COC(=O)[C@@]1(O)C[C@@H](c2ccccc2)C2=C(O1)C(=O)CCC2. The minimum absolute atomic E-state index is 0.0514. The smallest absolute Gasteiger partial charge is 0.379 e. The van der Waals surface area contributed by atoms with Crippen LogP contribution < -0.4 is 0 Å². The Hall–Kier alpha value is -2.14. The first kappa shape index (κ1) is 14.8. The maximum atomic E-state index is 12.2.